The monoisotopic (exact) mass is 284 g/mol. The van der Waals surface area contributed by atoms with Crippen molar-refractivity contribution in [1.82, 2.24) is 4.31 Å². The van der Waals surface area contributed by atoms with Gasteiger partial charge in [-0.1, -0.05) is 6.07 Å². The van der Waals surface area contributed by atoms with E-state index in [0.29, 0.717) is 12.3 Å². The third kappa shape index (κ3) is 2.37. The van der Waals surface area contributed by atoms with Gasteiger partial charge in [0.25, 0.3) is 0 Å². The van der Waals surface area contributed by atoms with Crippen LogP contribution in [0.5, 0.6) is 0 Å². The highest BCUT2D eigenvalue weighted by Gasteiger charge is 2.27. The molecule has 0 aromatic carbocycles. The Bertz CT molecular complexity index is 534. The Morgan fingerprint density at radius 2 is 2.39 bits per heavy atom. The van der Waals surface area contributed by atoms with Gasteiger partial charge in [0.2, 0.25) is 11.2 Å². The van der Waals surface area contributed by atoms with Crippen LogP contribution in [0.3, 0.4) is 0 Å². The summed E-state index contributed by atoms with van der Waals surface area (Å²) in [5.41, 5.74) is 0.824. The van der Waals surface area contributed by atoms with Gasteiger partial charge in [0.05, 0.1) is 17.7 Å². The first-order chi connectivity index (χ1) is 8.67. The van der Waals surface area contributed by atoms with Gasteiger partial charge in [-0.05, 0) is 24.4 Å². The van der Waals surface area contributed by atoms with Crippen molar-refractivity contribution in [2.45, 2.75) is 6.92 Å². The molecule has 1 aromatic heterocycles. The van der Waals surface area contributed by atoms with E-state index >= 15 is 0 Å². The molecule has 0 N–H and O–H groups in total. The van der Waals surface area contributed by atoms with Gasteiger partial charge >= 0.3 is 5.97 Å². The predicted octanol–water partition coefficient (Wildman–Crippen LogP) is 1.51. The van der Waals surface area contributed by atoms with Crippen LogP contribution < -0.4 is 0 Å². The van der Waals surface area contributed by atoms with Crippen LogP contribution in [-0.2, 0) is 20.7 Å². The fourth-order valence-electron chi connectivity index (χ4n) is 1.53. The molecule has 2 rings (SSSR count). The van der Waals surface area contributed by atoms with Crippen LogP contribution >= 0.6 is 11.3 Å². The maximum atomic E-state index is 12.0. The number of thiophene rings is 1. The van der Waals surface area contributed by atoms with E-state index in [9.17, 15) is 9.00 Å². The Morgan fingerprint density at radius 3 is 2.94 bits per heavy atom. The predicted molar refractivity (Wildman–Crippen MR) is 71.5 cm³/mol. The zero-order valence-corrected chi connectivity index (χ0v) is 11.6. The second-order valence-electron chi connectivity index (χ2n) is 3.40. The molecule has 7 heteroatoms. The highest BCUT2D eigenvalue weighted by molar-refractivity contribution is 7.81. The average molecular weight is 284 g/mol. The van der Waals surface area contributed by atoms with Gasteiger partial charge in [-0.25, -0.2) is 9.00 Å². The summed E-state index contributed by atoms with van der Waals surface area (Å²) in [5, 5.41) is 1.90. The van der Waals surface area contributed by atoms with Crippen molar-refractivity contribution in [3.05, 3.63) is 34.2 Å². The lowest BCUT2D eigenvalue weighted by Crippen LogP contribution is -2.33. The molecule has 1 unspecified atom stereocenters. The lowest BCUT2D eigenvalue weighted by Gasteiger charge is -2.23. The molecule has 0 saturated carbocycles. The number of allylic oxidation sites excluding steroid dienone is 1. The first-order valence-electron chi connectivity index (χ1n) is 5.29. The molecule has 0 amide bonds. The summed E-state index contributed by atoms with van der Waals surface area (Å²) < 4.78 is 22.2. The van der Waals surface area contributed by atoms with Gasteiger partial charge in [0.15, 0.2) is 0 Å². The van der Waals surface area contributed by atoms with Crippen LogP contribution in [0.15, 0.2) is 33.7 Å². The van der Waals surface area contributed by atoms with Crippen LogP contribution in [0.4, 0.5) is 0 Å². The largest absolute Gasteiger partial charge is 0.464 e. The van der Waals surface area contributed by atoms with E-state index in [2.05, 4.69) is 4.40 Å². The number of likely N-dealkylation sites (N-methyl/N-ethyl adjacent to an activating group) is 1. The zero-order chi connectivity index (χ0) is 13.1. The molecule has 0 aliphatic carbocycles. The summed E-state index contributed by atoms with van der Waals surface area (Å²) in [7, 11) is 1.30. The minimum absolute atomic E-state index is 0.275. The Labute approximate surface area is 112 Å². The van der Waals surface area contributed by atoms with E-state index < -0.39 is 17.1 Å². The molecule has 96 valence electrons. The third-order valence-electron chi connectivity index (χ3n) is 2.36. The maximum Gasteiger partial charge on any atom is 0.355 e. The van der Waals surface area contributed by atoms with Crippen molar-refractivity contribution in [3.8, 4) is 0 Å². The Balaban J connectivity index is 2.43. The minimum atomic E-state index is -1.59. The molecule has 2 heterocycles. The Kier molecular flexibility index (Phi) is 3.93. The lowest BCUT2D eigenvalue weighted by atomic mass is 10.2. The normalized spacial score (nSPS) is 19.2. The zero-order valence-electron chi connectivity index (χ0n) is 9.95. The fraction of sp³-hybridized carbons (Fsp3) is 0.273. The van der Waals surface area contributed by atoms with Gasteiger partial charge in [-0.15, -0.1) is 11.3 Å². The van der Waals surface area contributed by atoms with Gasteiger partial charge in [0, 0.05) is 6.54 Å². The molecule has 1 aliphatic rings. The number of nitrogens with zero attached hydrogens (tertiary/aromatic N) is 2. The number of ether oxygens (including phenoxy) is 1. The van der Waals surface area contributed by atoms with Crippen molar-refractivity contribution in [2.75, 3.05) is 13.7 Å². The summed E-state index contributed by atoms with van der Waals surface area (Å²) in [5.74, 6) is -0.505. The second kappa shape index (κ2) is 5.45. The first-order valence-corrected chi connectivity index (χ1v) is 7.23. The molecular weight excluding hydrogens is 272 g/mol. The third-order valence-corrected chi connectivity index (χ3v) is 4.44. The number of hydrogen-bond acceptors (Lipinski definition) is 4. The smallest absolute Gasteiger partial charge is 0.355 e. The van der Waals surface area contributed by atoms with Gasteiger partial charge in [0.1, 0.15) is 5.70 Å². The average Bonchev–Trinajstić information content (AvgIpc) is 2.90. The minimum Gasteiger partial charge on any atom is -0.464 e. The summed E-state index contributed by atoms with van der Waals surface area (Å²) in [6.07, 6.45) is 1.61. The Morgan fingerprint density at radius 1 is 1.61 bits per heavy atom. The maximum absolute atomic E-state index is 12.0. The van der Waals surface area contributed by atoms with Crippen LogP contribution in [0, 0.1) is 0 Å². The van der Waals surface area contributed by atoms with Crippen molar-refractivity contribution < 1.29 is 13.7 Å². The molecule has 0 radical (unpaired) electrons. The van der Waals surface area contributed by atoms with Crippen LogP contribution in [0.25, 0.3) is 0 Å². The number of methoxy groups -OCH3 is 1. The second-order valence-corrected chi connectivity index (χ2v) is 5.43. The molecular formula is C11H12N2O3S2. The molecule has 0 bridgehead atoms. The van der Waals surface area contributed by atoms with E-state index in [1.807, 2.05) is 17.5 Å². The molecule has 0 saturated heterocycles. The number of rotatable bonds is 3. The highest BCUT2D eigenvalue weighted by Crippen LogP contribution is 2.21. The number of esters is 1. The molecule has 5 nitrogen and oxygen atoms in total. The van der Waals surface area contributed by atoms with Crippen LogP contribution in [-0.4, -0.2) is 33.8 Å². The molecule has 0 fully saturated rings. The molecule has 0 spiro atoms. The van der Waals surface area contributed by atoms with Crippen molar-refractivity contribution in [1.29, 1.82) is 0 Å². The van der Waals surface area contributed by atoms with Crippen LogP contribution in [0.1, 0.15) is 11.8 Å². The van der Waals surface area contributed by atoms with E-state index in [-0.39, 0.29) is 5.70 Å². The summed E-state index contributed by atoms with van der Waals surface area (Å²) in [6, 6.07) is 3.75. The van der Waals surface area contributed by atoms with E-state index in [0.717, 1.165) is 4.88 Å². The lowest BCUT2D eigenvalue weighted by molar-refractivity contribution is -0.137. The summed E-state index contributed by atoms with van der Waals surface area (Å²) >= 11 is -0.105. The summed E-state index contributed by atoms with van der Waals surface area (Å²) in [4.78, 5) is 12.6. The topological polar surface area (TPSA) is 59.0 Å². The molecule has 18 heavy (non-hydrogen) atoms. The number of carbonyl (C=O) groups excluding carboxylic acids is 1. The van der Waals surface area contributed by atoms with Gasteiger partial charge in [-0.3, -0.25) is 4.31 Å². The molecule has 1 aromatic rings. The van der Waals surface area contributed by atoms with E-state index in [1.165, 1.54) is 22.8 Å². The summed E-state index contributed by atoms with van der Waals surface area (Å²) in [6.45, 7) is 2.23. The number of hydrogen-bond donors (Lipinski definition) is 0. The quantitative estimate of drug-likeness (QED) is 0.790. The molecule has 1 aliphatic heterocycles. The van der Waals surface area contributed by atoms with Crippen LogP contribution in [0.2, 0.25) is 0 Å². The standard InChI is InChI=1S/C11H12N2O3S2/c1-3-13-9(11(14)16-2)7-8(12-18(13)15)10-5-4-6-17-10/h4-7H,3H2,1-2H3. The van der Waals surface area contributed by atoms with Crippen molar-refractivity contribution in [2.24, 2.45) is 4.40 Å². The SMILES string of the molecule is CCN1C(C(=O)OC)=CC(c2cccs2)=NS1=O. The van der Waals surface area contributed by atoms with Gasteiger partial charge < -0.3 is 4.74 Å². The number of carbonyl (C=O) groups is 1. The Hall–Kier alpha value is -1.47. The molecule has 1 atom stereocenters. The van der Waals surface area contributed by atoms with E-state index in [4.69, 9.17) is 4.74 Å². The highest BCUT2D eigenvalue weighted by atomic mass is 32.2. The van der Waals surface area contributed by atoms with Crippen molar-refractivity contribution >= 4 is 34.2 Å². The van der Waals surface area contributed by atoms with E-state index in [1.54, 1.807) is 13.0 Å². The fourth-order valence-corrected chi connectivity index (χ4v) is 3.21. The van der Waals surface area contributed by atoms with Gasteiger partial charge in [-0.2, -0.15) is 4.40 Å². The van der Waals surface area contributed by atoms with Crippen molar-refractivity contribution in [3.63, 3.8) is 0 Å². The first kappa shape index (κ1) is 13.0.